The fourth-order valence-corrected chi connectivity index (χ4v) is 4.31. The van der Waals surface area contributed by atoms with E-state index in [0.29, 0.717) is 0 Å². The van der Waals surface area contributed by atoms with E-state index in [-0.39, 0.29) is 0 Å². The summed E-state index contributed by atoms with van der Waals surface area (Å²) >= 11 is 0. The van der Waals surface area contributed by atoms with Crippen LogP contribution in [-0.4, -0.2) is 4.57 Å². The summed E-state index contributed by atoms with van der Waals surface area (Å²) in [5.41, 5.74) is 6.61. The fourth-order valence-electron chi connectivity index (χ4n) is 4.31. The Labute approximate surface area is 156 Å². The second kappa shape index (κ2) is 5.24. The van der Waals surface area contributed by atoms with Crippen molar-refractivity contribution in [1.29, 1.82) is 0 Å². The van der Waals surface area contributed by atoms with Gasteiger partial charge in [-0.25, -0.2) is 0 Å². The van der Waals surface area contributed by atoms with Gasteiger partial charge in [-0.2, -0.15) is 0 Å². The Balaban J connectivity index is 1.87. The van der Waals surface area contributed by atoms with Crippen molar-refractivity contribution in [2.75, 3.05) is 0 Å². The lowest BCUT2D eigenvalue weighted by atomic mass is 10.1. The SMILES string of the molecule is Cc1ccc2c(oc3ccccc32)c1-n1c2ccccc2c2ccccc21. The van der Waals surface area contributed by atoms with Crippen molar-refractivity contribution < 1.29 is 4.42 Å². The Kier molecular flexibility index (Phi) is 2.84. The van der Waals surface area contributed by atoms with Crippen LogP contribution in [0.15, 0.2) is 89.3 Å². The molecule has 0 N–H and O–H groups in total. The first-order valence-electron chi connectivity index (χ1n) is 9.22. The van der Waals surface area contributed by atoms with Gasteiger partial charge in [0.15, 0.2) is 5.58 Å². The summed E-state index contributed by atoms with van der Waals surface area (Å²) in [6.07, 6.45) is 0. The van der Waals surface area contributed by atoms with E-state index in [2.05, 4.69) is 84.3 Å². The maximum atomic E-state index is 6.37. The van der Waals surface area contributed by atoms with E-state index >= 15 is 0 Å². The number of benzene rings is 4. The highest BCUT2D eigenvalue weighted by Gasteiger charge is 2.18. The molecule has 0 saturated heterocycles. The van der Waals surface area contributed by atoms with Gasteiger partial charge in [-0.3, -0.25) is 0 Å². The van der Waals surface area contributed by atoms with E-state index in [1.165, 1.54) is 27.4 Å². The van der Waals surface area contributed by atoms with Crippen molar-refractivity contribution in [3.8, 4) is 5.69 Å². The van der Waals surface area contributed by atoms with Gasteiger partial charge in [-0.15, -0.1) is 0 Å². The van der Waals surface area contributed by atoms with Crippen LogP contribution in [0.2, 0.25) is 0 Å². The highest BCUT2D eigenvalue weighted by molar-refractivity contribution is 6.12. The van der Waals surface area contributed by atoms with Crippen LogP contribution >= 0.6 is 0 Å². The molecular formula is C25H17NO. The zero-order valence-corrected chi connectivity index (χ0v) is 14.9. The third-order valence-electron chi connectivity index (χ3n) is 5.53. The van der Waals surface area contributed by atoms with Crippen LogP contribution in [0.5, 0.6) is 0 Å². The third kappa shape index (κ3) is 1.90. The van der Waals surface area contributed by atoms with Gasteiger partial charge >= 0.3 is 0 Å². The molecule has 0 fully saturated rings. The van der Waals surface area contributed by atoms with Crippen LogP contribution in [0.3, 0.4) is 0 Å². The molecule has 2 heterocycles. The molecule has 6 aromatic rings. The molecule has 0 spiro atoms. The third-order valence-corrected chi connectivity index (χ3v) is 5.53. The number of para-hydroxylation sites is 3. The van der Waals surface area contributed by atoms with Crippen LogP contribution in [0.1, 0.15) is 5.56 Å². The predicted molar refractivity (Wildman–Crippen MR) is 113 cm³/mol. The molecule has 0 bridgehead atoms. The van der Waals surface area contributed by atoms with Crippen molar-refractivity contribution >= 4 is 43.7 Å². The molecule has 0 aliphatic rings. The molecule has 0 atom stereocenters. The van der Waals surface area contributed by atoms with Crippen LogP contribution < -0.4 is 0 Å². The molecule has 2 heteroatoms. The van der Waals surface area contributed by atoms with Gasteiger partial charge in [0.1, 0.15) is 5.58 Å². The fraction of sp³-hybridized carbons (Fsp3) is 0.0400. The number of hydrogen-bond acceptors (Lipinski definition) is 1. The number of hydrogen-bond donors (Lipinski definition) is 0. The number of rotatable bonds is 1. The van der Waals surface area contributed by atoms with Crippen molar-refractivity contribution in [2.24, 2.45) is 0 Å². The molecule has 2 nitrogen and oxygen atoms in total. The predicted octanol–water partition coefficient (Wildman–Crippen LogP) is 6.99. The Hall–Kier alpha value is -3.52. The minimum Gasteiger partial charge on any atom is -0.454 e. The van der Waals surface area contributed by atoms with E-state index < -0.39 is 0 Å². The largest absolute Gasteiger partial charge is 0.454 e. The number of aryl methyl sites for hydroxylation is 1. The van der Waals surface area contributed by atoms with Crippen LogP contribution in [0.4, 0.5) is 0 Å². The zero-order valence-electron chi connectivity index (χ0n) is 14.9. The van der Waals surface area contributed by atoms with Gasteiger partial charge in [0, 0.05) is 21.5 Å². The van der Waals surface area contributed by atoms with Gasteiger partial charge < -0.3 is 8.98 Å². The standard InChI is InChI=1S/C25H17NO/c1-16-14-15-20-19-10-4-7-13-23(19)27-25(20)24(16)26-21-11-5-2-8-17(21)18-9-3-6-12-22(18)26/h2-15H,1H3. The van der Waals surface area contributed by atoms with E-state index in [1.807, 2.05) is 12.1 Å². The Morgan fingerprint density at radius 3 is 1.89 bits per heavy atom. The van der Waals surface area contributed by atoms with Gasteiger partial charge in [0.25, 0.3) is 0 Å². The molecule has 2 aromatic heterocycles. The van der Waals surface area contributed by atoms with Gasteiger partial charge in [0.2, 0.25) is 0 Å². The molecule has 0 radical (unpaired) electrons. The maximum absolute atomic E-state index is 6.37. The normalized spacial score (nSPS) is 11.9. The second-order valence-electron chi connectivity index (χ2n) is 7.08. The molecule has 0 unspecified atom stereocenters. The highest BCUT2D eigenvalue weighted by Crippen LogP contribution is 2.39. The van der Waals surface area contributed by atoms with Crippen LogP contribution in [-0.2, 0) is 0 Å². The maximum Gasteiger partial charge on any atom is 0.159 e. The smallest absolute Gasteiger partial charge is 0.159 e. The summed E-state index contributed by atoms with van der Waals surface area (Å²) in [5.74, 6) is 0. The quantitative estimate of drug-likeness (QED) is 0.313. The molecule has 6 rings (SSSR count). The van der Waals surface area contributed by atoms with Gasteiger partial charge in [0.05, 0.1) is 16.7 Å². The molecule has 0 aliphatic carbocycles. The topological polar surface area (TPSA) is 18.1 Å². The Morgan fingerprint density at radius 2 is 1.19 bits per heavy atom. The van der Waals surface area contributed by atoms with Crippen molar-refractivity contribution in [1.82, 2.24) is 4.57 Å². The number of furan rings is 1. The summed E-state index contributed by atoms with van der Waals surface area (Å²) in [5, 5.41) is 4.85. The van der Waals surface area contributed by atoms with Crippen molar-refractivity contribution in [3.63, 3.8) is 0 Å². The minimum absolute atomic E-state index is 0.931. The summed E-state index contributed by atoms with van der Waals surface area (Å²) in [7, 11) is 0. The lowest BCUT2D eigenvalue weighted by Gasteiger charge is -2.11. The Morgan fingerprint density at radius 1 is 0.593 bits per heavy atom. The summed E-state index contributed by atoms with van der Waals surface area (Å²) in [6, 6.07) is 29.8. The molecule has 0 amide bonds. The van der Waals surface area contributed by atoms with Gasteiger partial charge in [-0.1, -0.05) is 66.7 Å². The summed E-state index contributed by atoms with van der Waals surface area (Å²) < 4.78 is 8.72. The number of nitrogens with zero attached hydrogens (tertiary/aromatic N) is 1. The summed E-state index contributed by atoms with van der Waals surface area (Å²) in [4.78, 5) is 0. The second-order valence-corrected chi connectivity index (χ2v) is 7.08. The first-order chi connectivity index (χ1) is 13.3. The summed E-state index contributed by atoms with van der Waals surface area (Å²) in [6.45, 7) is 2.16. The van der Waals surface area contributed by atoms with E-state index in [4.69, 9.17) is 4.42 Å². The average Bonchev–Trinajstić information content (AvgIpc) is 3.24. The number of aromatic nitrogens is 1. The van der Waals surface area contributed by atoms with E-state index in [0.717, 1.165) is 27.6 Å². The van der Waals surface area contributed by atoms with Crippen molar-refractivity contribution in [2.45, 2.75) is 6.92 Å². The molecule has 0 saturated carbocycles. The zero-order chi connectivity index (χ0) is 18.0. The first kappa shape index (κ1) is 14.6. The Bertz CT molecular complexity index is 1430. The monoisotopic (exact) mass is 347 g/mol. The molecule has 27 heavy (non-hydrogen) atoms. The van der Waals surface area contributed by atoms with Crippen molar-refractivity contribution in [3.05, 3.63) is 90.5 Å². The first-order valence-corrected chi connectivity index (χ1v) is 9.22. The van der Waals surface area contributed by atoms with E-state index in [9.17, 15) is 0 Å². The average molecular weight is 347 g/mol. The molecule has 0 aliphatic heterocycles. The van der Waals surface area contributed by atoms with Gasteiger partial charge in [-0.05, 0) is 30.7 Å². The van der Waals surface area contributed by atoms with Crippen LogP contribution in [0.25, 0.3) is 49.4 Å². The molecular weight excluding hydrogens is 330 g/mol. The van der Waals surface area contributed by atoms with E-state index in [1.54, 1.807) is 0 Å². The molecule has 4 aromatic carbocycles. The van der Waals surface area contributed by atoms with Crippen LogP contribution in [0, 0.1) is 6.92 Å². The minimum atomic E-state index is 0.931. The highest BCUT2D eigenvalue weighted by atomic mass is 16.3. The lowest BCUT2D eigenvalue weighted by Crippen LogP contribution is -1.97. The number of fused-ring (bicyclic) bond motifs is 6. The lowest BCUT2D eigenvalue weighted by molar-refractivity contribution is 0.666. The molecule has 128 valence electrons.